The van der Waals surface area contributed by atoms with Gasteiger partial charge in [-0.2, -0.15) is 0 Å². The zero-order valence-corrected chi connectivity index (χ0v) is 11.1. The highest BCUT2D eigenvalue weighted by Gasteiger charge is 2.13. The third kappa shape index (κ3) is 3.80. The van der Waals surface area contributed by atoms with E-state index >= 15 is 0 Å². The van der Waals surface area contributed by atoms with Gasteiger partial charge in [0.1, 0.15) is 18.0 Å². The summed E-state index contributed by atoms with van der Waals surface area (Å²) in [7, 11) is 3.35. The number of rotatable bonds is 8. The number of nitrogens with zero attached hydrogens (tertiary/aromatic N) is 3. The molecule has 0 fully saturated rings. The summed E-state index contributed by atoms with van der Waals surface area (Å²) in [4.78, 5) is 10.5. The van der Waals surface area contributed by atoms with Crippen LogP contribution in [0.4, 0.5) is 11.6 Å². The van der Waals surface area contributed by atoms with Gasteiger partial charge in [-0.1, -0.05) is 0 Å². The average Bonchev–Trinajstić information content (AvgIpc) is 2.40. The number of hydrazine groups is 1. The molecule has 0 aliphatic rings. The topological polar surface area (TPSA) is 85.5 Å². The van der Waals surface area contributed by atoms with Crippen molar-refractivity contribution in [1.29, 1.82) is 0 Å². The summed E-state index contributed by atoms with van der Waals surface area (Å²) in [5.74, 6) is 6.88. The Bertz CT molecular complexity index is 353. The van der Waals surface area contributed by atoms with Gasteiger partial charge in [-0.15, -0.1) is 0 Å². The molecule has 7 nitrogen and oxygen atoms in total. The van der Waals surface area contributed by atoms with Crippen molar-refractivity contribution in [2.75, 3.05) is 50.8 Å². The lowest BCUT2D eigenvalue weighted by Crippen LogP contribution is -2.32. The Morgan fingerprint density at radius 3 is 2.33 bits per heavy atom. The van der Waals surface area contributed by atoms with Crippen LogP contribution in [-0.4, -0.2) is 50.5 Å². The quantitative estimate of drug-likeness (QED) is 0.506. The van der Waals surface area contributed by atoms with Crippen LogP contribution < -0.4 is 16.2 Å². The molecule has 0 aliphatic heterocycles. The highest BCUT2D eigenvalue weighted by atomic mass is 16.5. The minimum atomic E-state index is 0.624. The molecular weight excluding hydrogens is 234 g/mol. The van der Waals surface area contributed by atoms with E-state index in [1.165, 1.54) is 6.33 Å². The van der Waals surface area contributed by atoms with E-state index in [0.717, 1.165) is 24.5 Å². The fourth-order valence-electron chi connectivity index (χ4n) is 1.63. The third-order valence-electron chi connectivity index (χ3n) is 2.62. The Hall–Kier alpha value is -1.44. The molecule has 0 saturated carbocycles. The minimum absolute atomic E-state index is 0.624. The molecule has 1 aromatic rings. The highest BCUT2D eigenvalue weighted by Crippen LogP contribution is 2.21. The van der Waals surface area contributed by atoms with Crippen LogP contribution in [0.1, 0.15) is 5.56 Å². The first-order valence-corrected chi connectivity index (χ1v) is 5.75. The van der Waals surface area contributed by atoms with Crippen LogP contribution in [0.5, 0.6) is 0 Å². The third-order valence-corrected chi connectivity index (χ3v) is 2.62. The van der Waals surface area contributed by atoms with Crippen molar-refractivity contribution in [2.45, 2.75) is 6.92 Å². The van der Waals surface area contributed by atoms with Gasteiger partial charge in [-0.05, 0) is 6.92 Å². The second kappa shape index (κ2) is 7.80. The fourth-order valence-corrected chi connectivity index (χ4v) is 1.63. The standard InChI is InChI=1S/C11H21N5O2/c1-9-10(15-12)13-8-14-11(9)16(4-6-17-2)5-7-18-3/h8H,4-7,12H2,1-3H3,(H,13,14,15). The molecule has 0 unspecified atom stereocenters. The van der Waals surface area contributed by atoms with Crippen molar-refractivity contribution >= 4 is 11.6 Å². The number of anilines is 2. The predicted octanol–water partition coefficient (Wildman–Crippen LogP) is 0.170. The Morgan fingerprint density at radius 2 is 1.83 bits per heavy atom. The molecule has 0 spiro atoms. The van der Waals surface area contributed by atoms with Gasteiger partial charge in [0.25, 0.3) is 0 Å². The van der Waals surface area contributed by atoms with Gasteiger partial charge in [0, 0.05) is 32.9 Å². The van der Waals surface area contributed by atoms with E-state index in [9.17, 15) is 0 Å². The van der Waals surface area contributed by atoms with Gasteiger partial charge in [-0.25, -0.2) is 15.8 Å². The van der Waals surface area contributed by atoms with Crippen LogP contribution in [0.2, 0.25) is 0 Å². The van der Waals surface area contributed by atoms with Crippen molar-refractivity contribution in [2.24, 2.45) is 5.84 Å². The van der Waals surface area contributed by atoms with Crippen LogP contribution in [0.25, 0.3) is 0 Å². The van der Waals surface area contributed by atoms with Crippen LogP contribution in [0.3, 0.4) is 0 Å². The second-order valence-electron chi connectivity index (χ2n) is 3.79. The summed E-state index contributed by atoms with van der Waals surface area (Å²) in [6.45, 7) is 4.65. The number of hydrogen-bond acceptors (Lipinski definition) is 7. The number of nitrogens with one attached hydrogen (secondary N) is 1. The molecule has 1 aromatic heterocycles. The molecule has 7 heteroatoms. The van der Waals surface area contributed by atoms with Gasteiger partial charge in [0.15, 0.2) is 0 Å². The maximum Gasteiger partial charge on any atom is 0.148 e. The number of ether oxygens (including phenoxy) is 2. The molecule has 0 aliphatic carbocycles. The highest BCUT2D eigenvalue weighted by molar-refractivity contribution is 5.57. The molecule has 0 saturated heterocycles. The molecule has 102 valence electrons. The summed E-state index contributed by atoms with van der Waals surface area (Å²) in [5, 5.41) is 0. The monoisotopic (exact) mass is 255 g/mol. The zero-order valence-electron chi connectivity index (χ0n) is 11.1. The smallest absolute Gasteiger partial charge is 0.148 e. The van der Waals surface area contributed by atoms with Crippen LogP contribution in [0.15, 0.2) is 6.33 Å². The first-order valence-electron chi connectivity index (χ1n) is 5.75. The van der Waals surface area contributed by atoms with E-state index in [1.807, 2.05) is 6.92 Å². The number of methoxy groups -OCH3 is 2. The number of nitrogen functional groups attached to an aromatic ring is 1. The van der Waals surface area contributed by atoms with Gasteiger partial charge in [0.05, 0.1) is 13.2 Å². The Balaban J connectivity index is 2.88. The summed E-state index contributed by atoms with van der Waals surface area (Å²) >= 11 is 0. The zero-order chi connectivity index (χ0) is 13.4. The molecule has 1 heterocycles. The molecule has 0 atom stereocenters. The van der Waals surface area contributed by atoms with Crippen LogP contribution in [0, 0.1) is 6.92 Å². The summed E-state index contributed by atoms with van der Waals surface area (Å²) in [6, 6.07) is 0. The number of aromatic nitrogens is 2. The van der Waals surface area contributed by atoms with Crippen molar-refractivity contribution in [3.8, 4) is 0 Å². The van der Waals surface area contributed by atoms with Gasteiger partial charge < -0.3 is 19.8 Å². The SMILES string of the molecule is COCCN(CCOC)c1ncnc(NN)c1C. The number of nitrogens with two attached hydrogens (primary N) is 1. The Labute approximate surface area is 107 Å². The van der Waals surface area contributed by atoms with E-state index in [-0.39, 0.29) is 0 Å². The summed E-state index contributed by atoms with van der Waals surface area (Å²) < 4.78 is 10.2. The first kappa shape index (κ1) is 14.6. The van der Waals surface area contributed by atoms with Gasteiger partial charge >= 0.3 is 0 Å². The molecule has 1 rings (SSSR count). The normalized spacial score (nSPS) is 10.4. The molecule has 3 N–H and O–H groups in total. The molecular formula is C11H21N5O2. The van der Waals surface area contributed by atoms with Crippen molar-refractivity contribution in [3.63, 3.8) is 0 Å². The maximum atomic E-state index is 5.41. The first-order chi connectivity index (χ1) is 8.74. The molecule has 0 radical (unpaired) electrons. The van der Waals surface area contributed by atoms with E-state index in [2.05, 4.69) is 20.3 Å². The fraction of sp³-hybridized carbons (Fsp3) is 0.636. The molecule has 0 bridgehead atoms. The van der Waals surface area contributed by atoms with Gasteiger partial charge in [0.2, 0.25) is 0 Å². The van der Waals surface area contributed by atoms with Crippen LogP contribution >= 0.6 is 0 Å². The van der Waals surface area contributed by atoms with E-state index in [1.54, 1.807) is 14.2 Å². The lowest BCUT2D eigenvalue weighted by molar-refractivity contribution is 0.190. The van der Waals surface area contributed by atoms with E-state index < -0.39 is 0 Å². The van der Waals surface area contributed by atoms with Crippen molar-refractivity contribution in [3.05, 3.63) is 11.9 Å². The van der Waals surface area contributed by atoms with E-state index in [4.69, 9.17) is 15.3 Å². The number of hydrogen-bond donors (Lipinski definition) is 2. The summed E-state index contributed by atoms with van der Waals surface area (Å²) in [6.07, 6.45) is 1.49. The van der Waals surface area contributed by atoms with Crippen molar-refractivity contribution < 1.29 is 9.47 Å². The largest absolute Gasteiger partial charge is 0.383 e. The van der Waals surface area contributed by atoms with Crippen LogP contribution in [-0.2, 0) is 9.47 Å². The summed E-state index contributed by atoms with van der Waals surface area (Å²) in [5.41, 5.74) is 3.47. The van der Waals surface area contributed by atoms with Gasteiger partial charge in [-0.3, -0.25) is 0 Å². The van der Waals surface area contributed by atoms with Crippen molar-refractivity contribution in [1.82, 2.24) is 9.97 Å². The predicted molar refractivity (Wildman–Crippen MR) is 70.5 cm³/mol. The molecule has 0 amide bonds. The Kier molecular flexibility index (Phi) is 6.34. The molecule has 18 heavy (non-hydrogen) atoms. The maximum absolute atomic E-state index is 5.41. The Morgan fingerprint density at radius 1 is 1.22 bits per heavy atom. The lowest BCUT2D eigenvalue weighted by Gasteiger charge is -2.25. The lowest BCUT2D eigenvalue weighted by atomic mass is 10.3. The minimum Gasteiger partial charge on any atom is -0.383 e. The average molecular weight is 255 g/mol. The van der Waals surface area contributed by atoms with E-state index in [0.29, 0.717) is 19.0 Å². The second-order valence-corrected chi connectivity index (χ2v) is 3.79. The molecule has 0 aromatic carbocycles.